The maximum absolute atomic E-state index is 10.3. The zero-order valence-electron chi connectivity index (χ0n) is 13.7. The molecule has 0 fully saturated rings. The molecule has 0 amide bonds. The molecule has 126 valence electrons. The van der Waals surface area contributed by atoms with E-state index in [0.717, 1.165) is 5.56 Å². The monoisotopic (exact) mass is 313 g/mol. The van der Waals surface area contributed by atoms with Gasteiger partial charge in [-0.1, -0.05) is 0 Å². The Kier molecular flexibility index (Phi) is 8.19. The fourth-order valence-corrected chi connectivity index (χ4v) is 2.15. The minimum absolute atomic E-state index is 0.446. The highest BCUT2D eigenvalue weighted by Gasteiger charge is 2.26. The molecule has 6 heteroatoms. The van der Waals surface area contributed by atoms with Gasteiger partial charge in [0.25, 0.3) is 0 Å². The van der Waals surface area contributed by atoms with Gasteiger partial charge in [-0.3, -0.25) is 0 Å². The Morgan fingerprint density at radius 2 is 1.50 bits per heavy atom. The Balaban J connectivity index is 2.79. The molecule has 0 aliphatic carbocycles. The van der Waals surface area contributed by atoms with Crippen molar-refractivity contribution >= 4 is 0 Å². The molecule has 1 rings (SSSR count). The van der Waals surface area contributed by atoms with Crippen LogP contribution in [0.25, 0.3) is 0 Å². The summed E-state index contributed by atoms with van der Waals surface area (Å²) in [6.07, 6.45) is -1.19. The maximum Gasteiger partial charge on any atom is 0.184 e. The van der Waals surface area contributed by atoms with Crippen molar-refractivity contribution in [1.29, 1.82) is 0 Å². The molecule has 0 aromatic heterocycles. The Labute approximate surface area is 132 Å². The summed E-state index contributed by atoms with van der Waals surface area (Å²) >= 11 is 0. The van der Waals surface area contributed by atoms with E-state index in [4.69, 9.17) is 24.7 Å². The molecule has 2 unspecified atom stereocenters. The summed E-state index contributed by atoms with van der Waals surface area (Å²) in [5.74, 6) is 1.37. The van der Waals surface area contributed by atoms with Gasteiger partial charge in [-0.15, -0.1) is 0 Å². The molecule has 0 aliphatic heterocycles. The first-order chi connectivity index (χ1) is 10.5. The van der Waals surface area contributed by atoms with Gasteiger partial charge in [0.2, 0.25) is 0 Å². The van der Waals surface area contributed by atoms with Gasteiger partial charge in [-0.05, 0) is 38.0 Å². The van der Waals surface area contributed by atoms with E-state index in [1.54, 1.807) is 20.3 Å². The number of hydrogen-bond acceptors (Lipinski definition) is 6. The molecule has 0 radical (unpaired) electrons. The number of benzene rings is 1. The van der Waals surface area contributed by atoms with Crippen LogP contribution in [-0.2, 0) is 15.9 Å². The summed E-state index contributed by atoms with van der Waals surface area (Å²) in [7, 11) is 3.18. The maximum atomic E-state index is 10.3. The zero-order valence-corrected chi connectivity index (χ0v) is 13.7. The second-order valence-electron chi connectivity index (χ2n) is 4.86. The molecule has 0 spiro atoms. The summed E-state index contributed by atoms with van der Waals surface area (Å²) < 4.78 is 21.2. The van der Waals surface area contributed by atoms with Gasteiger partial charge in [0, 0.05) is 25.3 Å². The minimum atomic E-state index is -0.919. The van der Waals surface area contributed by atoms with E-state index in [1.807, 2.05) is 26.0 Å². The third kappa shape index (κ3) is 5.46. The van der Waals surface area contributed by atoms with Gasteiger partial charge < -0.3 is 29.8 Å². The largest absolute Gasteiger partial charge is 0.497 e. The summed E-state index contributed by atoms with van der Waals surface area (Å²) in [5.41, 5.74) is 7.01. The molecule has 22 heavy (non-hydrogen) atoms. The van der Waals surface area contributed by atoms with Crippen LogP contribution in [0.1, 0.15) is 19.4 Å². The molecule has 1 aromatic rings. The first-order valence-corrected chi connectivity index (χ1v) is 7.44. The lowest BCUT2D eigenvalue weighted by molar-refractivity contribution is -0.193. The van der Waals surface area contributed by atoms with Crippen molar-refractivity contribution in [1.82, 2.24) is 0 Å². The number of nitrogens with two attached hydrogens (primary N) is 1. The predicted octanol–water partition coefficient (Wildman–Crippen LogP) is 1.33. The highest BCUT2D eigenvalue weighted by molar-refractivity contribution is 5.38. The lowest BCUT2D eigenvalue weighted by Crippen LogP contribution is -2.46. The van der Waals surface area contributed by atoms with Crippen molar-refractivity contribution < 1.29 is 24.1 Å². The number of methoxy groups -OCH3 is 2. The summed E-state index contributed by atoms with van der Waals surface area (Å²) in [6, 6.07) is 4.99. The third-order valence-corrected chi connectivity index (χ3v) is 3.26. The van der Waals surface area contributed by atoms with E-state index in [-0.39, 0.29) is 0 Å². The fraction of sp³-hybridized carbons (Fsp3) is 0.625. The van der Waals surface area contributed by atoms with E-state index >= 15 is 0 Å². The fourth-order valence-electron chi connectivity index (χ4n) is 2.15. The normalized spacial score (nSPS) is 14.0. The van der Waals surface area contributed by atoms with Crippen molar-refractivity contribution in [3.8, 4) is 11.5 Å². The second-order valence-corrected chi connectivity index (χ2v) is 4.86. The van der Waals surface area contributed by atoms with Crippen molar-refractivity contribution in [2.75, 3.05) is 27.4 Å². The highest BCUT2D eigenvalue weighted by atomic mass is 16.7. The zero-order chi connectivity index (χ0) is 16.5. The van der Waals surface area contributed by atoms with E-state index in [9.17, 15) is 5.11 Å². The standard InChI is InChI=1S/C16H27NO5/c1-5-21-16(22-6-2)15(18)14(17)9-11-7-12(19-3)10-13(8-11)20-4/h7-8,10,14-16,18H,5-6,9,17H2,1-4H3. The minimum Gasteiger partial charge on any atom is -0.497 e. The van der Waals surface area contributed by atoms with Gasteiger partial charge in [-0.2, -0.15) is 0 Å². The van der Waals surface area contributed by atoms with Crippen LogP contribution >= 0.6 is 0 Å². The van der Waals surface area contributed by atoms with E-state index in [2.05, 4.69) is 0 Å². The molecule has 0 bridgehead atoms. The quantitative estimate of drug-likeness (QED) is 0.634. The van der Waals surface area contributed by atoms with Gasteiger partial charge in [-0.25, -0.2) is 0 Å². The van der Waals surface area contributed by atoms with E-state index in [0.29, 0.717) is 31.1 Å². The number of ether oxygens (including phenoxy) is 4. The highest BCUT2D eigenvalue weighted by Crippen LogP contribution is 2.23. The average molecular weight is 313 g/mol. The molecular formula is C16H27NO5. The number of hydrogen-bond donors (Lipinski definition) is 2. The number of aliphatic hydroxyl groups is 1. The van der Waals surface area contributed by atoms with Crippen LogP contribution in [0.2, 0.25) is 0 Å². The second kappa shape index (κ2) is 9.63. The van der Waals surface area contributed by atoms with Gasteiger partial charge in [0.15, 0.2) is 6.29 Å². The van der Waals surface area contributed by atoms with Crippen molar-refractivity contribution in [2.45, 2.75) is 38.7 Å². The van der Waals surface area contributed by atoms with E-state index in [1.165, 1.54) is 0 Å². The van der Waals surface area contributed by atoms with Crippen LogP contribution in [0.15, 0.2) is 18.2 Å². The Morgan fingerprint density at radius 3 is 1.91 bits per heavy atom. The van der Waals surface area contributed by atoms with Crippen LogP contribution in [0, 0.1) is 0 Å². The van der Waals surface area contributed by atoms with Crippen molar-refractivity contribution in [3.05, 3.63) is 23.8 Å². The Hall–Kier alpha value is -1.34. The van der Waals surface area contributed by atoms with Crippen LogP contribution < -0.4 is 15.2 Å². The van der Waals surface area contributed by atoms with Gasteiger partial charge >= 0.3 is 0 Å². The average Bonchev–Trinajstić information content (AvgIpc) is 2.53. The molecule has 1 aromatic carbocycles. The lowest BCUT2D eigenvalue weighted by Gasteiger charge is -2.27. The van der Waals surface area contributed by atoms with Crippen LogP contribution in [0.5, 0.6) is 11.5 Å². The molecule has 0 saturated heterocycles. The van der Waals surface area contributed by atoms with Crippen LogP contribution in [-0.4, -0.2) is 51.0 Å². The summed E-state index contributed by atoms with van der Waals surface area (Å²) in [6.45, 7) is 4.58. The first kappa shape index (κ1) is 18.7. The predicted molar refractivity (Wildman–Crippen MR) is 84.3 cm³/mol. The van der Waals surface area contributed by atoms with Crippen LogP contribution in [0.3, 0.4) is 0 Å². The smallest absolute Gasteiger partial charge is 0.184 e. The molecule has 0 saturated carbocycles. The summed E-state index contributed by atoms with van der Waals surface area (Å²) in [5, 5.41) is 10.3. The van der Waals surface area contributed by atoms with Crippen LogP contribution in [0.4, 0.5) is 0 Å². The SMILES string of the molecule is CCOC(OCC)C(O)C(N)Cc1cc(OC)cc(OC)c1. The topological polar surface area (TPSA) is 83.2 Å². The molecule has 6 nitrogen and oxygen atoms in total. The third-order valence-electron chi connectivity index (χ3n) is 3.26. The molecule has 0 heterocycles. The van der Waals surface area contributed by atoms with Gasteiger partial charge in [0.1, 0.15) is 17.6 Å². The number of rotatable bonds is 10. The Morgan fingerprint density at radius 1 is 1.00 bits per heavy atom. The molecule has 0 aliphatic rings. The molecular weight excluding hydrogens is 286 g/mol. The molecule has 3 N–H and O–H groups in total. The lowest BCUT2D eigenvalue weighted by atomic mass is 10.0. The van der Waals surface area contributed by atoms with E-state index < -0.39 is 18.4 Å². The first-order valence-electron chi connectivity index (χ1n) is 7.44. The summed E-state index contributed by atoms with van der Waals surface area (Å²) in [4.78, 5) is 0. The number of aliphatic hydroxyl groups excluding tert-OH is 1. The Bertz CT molecular complexity index is 412. The van der Waals surface area contributed by atoms with Gasteiger partial charge in [0.05, 0.1) is 14.2 Å². The van der Waals surface area contributed by atoms with Crippen molar-refractivity contribution in [2.24, 2.45) is 5.73 Å². The molecule has 2 atom stereocenters. The van der Waals surface area contributed by atoms with Crippen molar-refractivity contribution in [3.63, 3.8) is 0 Å².